The average molecular weight is 313 g/mol. The van der Waals surface area contributed by atoms with Crippen molar-refractivity contribution in [2.45, 2.75) is 0 Å². The lowest BCUT2D eigenvalue weighted by molar-refractivity contribution is 1.17. The second kappa shape index (κ2) is 4.76. The van der Waals surface area contributed by atoms with Gasteiger partial charge in [0.2, 0.25) is 0 Å². The molecule has 0 aliphatic carbocycles. The minimum absolute atomic E-state index is 0.716. The molecular formula is C17H10Cl2N2. The molecule has 2 nitrogen and oxygen atoms in total. The molecule has 0 saturated heterocycles. The second-order valence-electron chi connectivity index (χ2n) is 4.86. The van der Waals surface area contributed by atoms with Gasteiger partial charge in [-0.25, -0.2) is 4.98 Å². The smallest absolute Gasteiger partial charge is 0.145 e. The molecule has 0 N–H and O–H groups in total. The Morgan fingerprint density at radius 3 is 2.48 bits per heavy atom. The van der Waals surface area contributed by atoms with Crippen molar-refractivity contribution in [2.75, 3.05) is 0 Å². The zero-order valence-corrected chi connectivity index (χ0v) is 12.4. The Balaban J connectivity index is 2.17. The summed E-state index contributed by atoms with van der Waals surface area (Å²) in [6.45, 7) is 0. The quantitative estimate of drug-likeness (QED) is 0.456. The van der Waals surface area contributed by atoms with E-state index in [1.807, 2.05) is 54.7 Å². The molecule has 4 rings (SSSR count). The van der Waals surface area contributed by atoms with Crippen molar-refractivity contribution < 1.29 is 0 Å². The van der Waals surface area contributed by atoms with Crippen molar-refractivity contribution in [1.82, 2.24) is 9.38 Å². The fraction of sp³-hybridized carbons (Fsp3) is 0. The molecule has 0 saturated carbocycles. The van der Waals surface area contributed by atoms with Gasteiger partial charge in [-0.3, -0.25) is 0 Å². The number of benzene rings is 2. The minimum atomic E-state index is 0.716. The van der Waals surface area contributed by atoms with Crippen molar-refractivity contribution in [2.24, 2.45) is 0 Å². The van der Waals surface area contributed by atoms with E-state index in [1.54, 1.807) is 6.20 Å². The summed E-state index contributed by atoms with van der Waals surface area (Å²) in [6, 6.07) is 15.6. The Hall–Kier alpha value is -2.03. The molecule has 0 spiro atoms. The van der Waals surface area contributed by atoms with E-state index < -0.39 is 0 Å². The molecule has 0 fully saturated rings. The maximum atomic E-state index is 6.14. The van der Waals surface area contributed by atoms with Gasteiger partial charge < -0.3 is 4.40 Å². The first-order valence-corrected chi connectivity index (χ1v) is 7.30. The van der Waals surface area contributed by atoms with E-state index in [0.717, 1.165) is 32.7 Å². The van der Waals surface area contributed by atoms with Crippen LogP contribution in [0.1, 0.15) is 0 Å². The molecule has 0 radical (unpaired) electrons. The van der Waals surface area contributed by atoms with E-state index >= 15 is 0 Å². The van der Waals surface area contributed by atoms with Crippen molar-refractivity contribution in [3.63, 3.8) is 0 Å². The van der Waals surface area contributed by atoms with Gasteiger partial charge in [0, 0.05) is 33.4 Å². The zero-order chi connectivity index (χ0) is 14.4. The van der Waals surface area contributed by atoms with Crippen LogP contribution in [0, 0.1) is 0 Å². The highest BCUT2D eigenvalue weighted by atomic mass is 35.5. The van der Waals surface area contributed by atoms with Crippen molar-refractivity contribution in [1.29, 1.82) is 0 Å². The maximum absolute atomic E-state index is 6.14. The third-order valence-corrected chi connectivity index (χ3v) is 4.08. The molecule has 2 aromatic carbocycles. The van der Waals surface area contributed by atoms with E-state index in [-0.39, 0.29) is 0 Å². The molecule has 0 unspecified atom stereocenters. The summed E-state index contributed by atoms with van der Waals surface area (Å²) in [6.07, 6.45) is 3.80. The molecule has 0 aliphatic heterocycles. The van der Waals surface area contributed by atoms with Gasteiger partial charge in [-0.1, -0.05) is 41.4 Å². The lowest BCUT2D eigenvalue weighted by atomic mass is 10.0. The minimum Gasteiger partial charge on any atom is -0.301 e. The molecule has 4 heteroatoms. The number of fused-ring (bicyclic) bond motifs is 3. The Bertz CT molecular complexity index is 956. The first-order valence-electron chi connectivity index (χ1n) is 6.54. The van der Waals surface area contributed by atoms with Crippen LogP contribution >= 0.6 is 23.2 Å². The maximum Gasteiger partial charge on any atom is 0.145 e. The van der Waals surface area contributed by atoms with Crippen LogP contribution < -0.4 is 0 Å². The normalized spacial score (nSPS) is 11.3. The Labute approximate surface area is 131 Å². The van der Waals surface area contributed by atoms with Crippen molar-refractivity contribution in [3.05, 3.63) is 71.0 Å². The molecule has 0 bridgehead atoms. The first kappa shape index (κ1) is 12.7. The zero-order valence-electron chi connectivity index (χ0n) is 10.9. The number of rotatable bonds is 1. The summed E-state index contributed by atoms with van der Waals surface area (Å²) in [7, 11) is 0. The number of aromatic nitrogens is 2. The number of nitrogens with zero attached hydrogens (tertiary/aromatic N) is 2. The summed E-state index contributed by atoms with van der Waals surface area (Å²) in [4.78, 5) is 4.53. The van der Waals surface area contributed by atoms with E-state index in [2.05, 4.69) is 9.38 Å². The predicted molar refractivity (Wildman–Crippen MR) is 88.2 cm³/mol. The van der Waals surface area contributed by atoms with Gasteiger partial charge in [-0.15, -0.1) is 0 Å². The van der Waals surface area contributed by atoms with Crippen LogP contribution in [0.4, 0.5) is 0 Å². The van der Waals surface area contributed by atoms with Crippen molar-refractivity contribution >= 4 is 39.8 Å². The molecule has 0 amide bonds. The van der Waals surface area contributed by atoms with Crippen LogP contribution in [0.15, 0.2) is 60.9 Å². The monoisotopic (exact) mass is 312 g/mol. The highest BCUT2D eigenvalue weighted by Crippen LogP contribution is 2.35. The molecule has 21 heavy (non-hydrogen) atoms. The van der Waals surface area contributed by atoms with Gasteiger partial charge in [-0.05, 0) is 35.9 Å². The van der Waals surface area contributed by atoms with Gasteiger partial charge >= 0.3 is 0 Å². The number of halogens is 2. The molecule has 0 atom stereocenters. The molecule has 0 aliphatic rings. The fourth-order valence-corrected chi connectivity index (χ4v) is 2.98. The molecule has 2 heterocycles. The van der Waals surface area contributed by atoms with Crippen LogP contribution in [-0.2, 0) is 0 Å². The summed E-state index contributed by atoms with van der Waals surface area (Å²) < 4.78 is 2.06. The molecular weight excluding hydrogens is 303 g/mol. The highest BCUT2D eigenvalue weighted by Gasteiger charge is 2.14. The Morgan fingerprint density at radius 1 is 0.905 bits per heavy atom. The SMILES string of the molecule is Clc1ccc(-c2c3ccc(Cl)cc3n3cccnc23)cc1. The fourth-order valence-electron chi connectivity index (χ4n) is 2.69. The van der Waals surface area contributed by atoms with Crippen LogP contribution in [0.25, 0.3) is 27.7 Å². The highest BCUT2D eigenvalue weighted by molar-refractivity contribution is 6.31. The Kier molecular flexibility index (Phi) is 2.88. The molecule has 4 aromatic rings. The van der Waals surface area contributed by atoms with Crippen LogP contribution in [0.2, 0.25) is 10.0 Å². The molecule has 102 valence electrons. The van der Waals surface area contributed by atoms with Crippen molar-refractivity contribution in [3.8, 4) is 11.1 Å². The largest absolute Gasteiger partial charge is 0.301 e. The van der Waals surface area contributed by atoms with E-state index in [4.69, 9.17) is 23.2 Å². The van der Waals surface area contributed by atoms with E-state index in [9.17, 15) is 0 Å². The topological polar surface area (TPSA) is 17.3 Å². The standard InChI is InChI=1S/C17H10Cl2N2/c18-12-4-2-11(3-5-12)16-14-7-6-13(19)10-15(14)21-9-1-8-20-17(16)21/h1-10H. The summed E-state index contributed by atoms with van der Waals surface area (Å²) >= 11 is 12.1. The number of hydrogen-bond acceptors (Lipinski definition) is 1. The van der Waals surface area contributed by atoms with Gasteiger partial charge in [0.25, 0.3) is 0 Å². The van der Waals surface area contributed by atoms with Gasteiger partial charge in [0.1, 0.15) is 5.65 Å². The van der Waals surface area contributed by atoms with Crippen LogP contribution in [0.5, 0.6) is 0 Å². The van der Waals surface area contributed by atoms with Gasteiger partial charge in [-0.2, -0.15) is 0 Å². The Morgan fingerprint density at radius 2 is 1.67 bits per heavy atom. The van der Waals surface area contributed by atoms with Crippen LogP contribution in [0.3, 0.4) is 0 Å². The van der Waals surface area contributed by atoms with Crippen LogP contribution in [-0.4, -0.2) is 9.38 Å². The lowest BCUT2D eigenvalue weighted by Gasteiger charge is -2.01. The third-order valence-electron chi connectivity index (χ3n) is 3.59. The third kappa shape index (κ3) is 1.99. The summed E-state index contributed by atoms with van der Waals surface area (Å²) in [5.74, 6) is 0. The van der Waals surface area contributed by atoms with Gasteiger partial charge in [0.05, 0.1) is 5.52 Å². The lowest BCUT2D eigenvalue weighted by Crippen LogP contribution is -1.86. The van der Waals surface area contributed by atoms with E-state index in [0.29, 0.717) is 5.02 Å². The molecule has 2 aromatic heterocycles. The average Bonchev–Trinajstić information content (AvgIpc) is 2.82. The number of hydrogen-bond donors (Lipinski definition) is 0. The predicted octanol–water partition coefficient (Wildman–Crippen LogP) is 5.46. The summed E-state index contributed by atoms with van der Waals surface area (Å²) in [5.41, 5.74) is 4.15. The first-order chi connectivity index (χ1) is 10.2. The van der Waals surface area contributed by atoms with E-state index in [1.165, 1.54) is 0 Å². The summed E-state index contributed by atoms with van der Waals surface area (Å²) in [5, 5.41) is 2.57. The van der Waals surface area contributed by atoms with Gasteiger partial charge in [0.15, 0.2) is 0 Å². The second-order valence-corrected chi connectivity index (χ2v) is 5.73.